The van der Waals surface area contributed by atoms with Crippen LogP contribution in [-0.4, -0.2) is 11.1 Å². The predicted molar refractivity (Wildman–Crippen MR) is 54.1 cm³/mol. The van der Waals surface area contributed by atoms with Gasteiger partial charge in [0.1, 0.15) is 0 Å². The number of aliphatic hydroxyl groups is 1. The Hall–Kier alpha value is -0.730. The minimum atomic E-state index is -0.384. The van der Waals surface area contributed by atoms with Gasteiger partial charge in [-0.25, -0.2) is 0 Å². The van der Waals surface area contributed by atoms with Crippen LogP contribution < -0.4 is 5.32 Å². The maximum Gasteiger partial charge on any atom is 0.0829 e. The fourth-order valence-electron chi connectivity index (χ4n) is 1.73. The number of nitrogens with one attached hydrogen (secondary N) is 1. The van der Waals surface area contributed by atoms with E-state index in [-0.39, 0.29) is 6.10 Å². The van der Waals surface area contributed by atoms with E-state index in [0.717, 1.165) is 17.7 Å². The lowest BCUT2D eigenvalue weighted by Crippen LogP contribution is -2.25. The van der Waals surface area contributed by atoms with E-state index in [1.807, 2.05) is 18.2 Å². The van der Waals surface area contributed by atoms with Crippen molar-refractivity contribution < 1.29 is 5.11 Å². The van der Waals surface area contributed by atoms with E-state index >= 15 is 0 Å². The van der Waals surface area contributed by atoms with Crippen LogP contribution in [0.4, 0.5) is 5.69 Å². The summed E-state index contributed by atoms with van der Waals surface area (Å²) < 4.78 is 0. The van der Waals surface area contributed by atoms with Crippen molar-refractivity contribution in [1.82, 2.24) is 0 Å². The van der Waals surface area contributed by atoms with E-state index in [0.29, 0.717) is 11.1 Å². The van der Waals surface area contributed by atoms with Crippen molar-refractivity contribution in [1.29, 1.82) is 0 Å². The molecular formula is C10H12ClNO. The summed E-state index contributed by atoms with van der Waals surface area (Å²) in [5, 5.41) is 13.7. The van der Waals surface area contributed by atoms with Crippen LogP contribution in [0.3, 0.4) is 0 Å². The van der Waals surface area contributed by atoms with E-state index in [4.69, 9.17) is 11.6 Å². The van der Waals surface area contributed by atoms with Crippen molar-refractivity contribution in [2.45, 2.75) is 25.5 Å². The van der Waals surface area contributed by atoms with E-state index in [9.17, 15) is 5.11 Å². The highest BCUT2D eigenvalue weighted by atomic mass is 35.5. The third-order valence-corrected chi connectivity index (χ3v) is 2.59. The monoisotopic (exact) mass is 197 g/mol. The van der Waals surface area contributed by atoms with Gasteiger partial charge in [-0.1, -0.05) is 11.6 Å². The van der Waals surface area contributed by atoms with E-state index in [1.54, 1.807) is 0 Å². The number of hydrogen-bond donors (Lipinski definition) is 2. The molecule has 1 aliphatic rings. The maximum atomic E-state index is 9.76. The highest BCUT2D eigenvalue weighted by molar-refractivity contribution is 6.30. The minimum Gasteiger partial charge on any atom is -0.388 e. The second-order valence-electron chi connectivity index (χ2n) is 3.53. The van der Waals surface area contributed by atoms with E-state index < -0.39 is 0 Å². The first kappa shape index (κ1) is 8.85. The molecule has 70 valence electrons. The van der Waals surface area contributed by atoms with Crippen molar-refractivity contribution in [3.63, 3.8) is 0 Å². The first-order valence-corrected chi connectivity index (χ1v) is 4.78. The fourth-order valence-corrected chi connectivity index (χ4v) is 1.91. The van der Waals surface area contributed by atoms with Crippen LogP contribution in [0.2, 0.25) is 5.02 Å². The average Bonchev–Trinajstić information content (AvgIpc) is 2.06. The predicted octanol–water partition coefficient (Wildman–Crippen LogP) is 2.58. The van der Waals surface area contributed by atoms with E-state index in [1.165, 1.54) is 0 Å². The smallest absolute Gasteiger partial charge is 0.0829 e. The Morgan fingerprint density at radius 1 is 1.54 bits per heavy atom. The Morgan fingerprint density at radius 2 is 2.31 bits per heavy atom. The Morgan fingerprint density at radius 3 is 3.08 bits per heavy atom. The van der Waals surface area contributed by atoms with Gasteiger partial charge in [-0.15, -0.1) is 0 Å². The van der Waals surface area contributed by atoms with Gasteiger partial charge in [0.05, 0.1) is 6.10 Å². The van der Waals surface area contributed by atoms with Gasteiger partial charge in [-0.3, -0.25) is 0 Å². The molecule has 2 N–H and O–H groups in total. The molecule has 0 aromatic heterocycles. The quantitative estimate of drug-likeness (QED) is 0.670. The molecule has 0 bridgehead atoms. The molecule has 2 atom stereocenters. The lowest BCUT2D eigenvalue weighted by Gasteiger charge is -2.28. The highest BCUT2D eigenvalue weighted by Crippen LogP contribution is 2.33. The summed E-state index contributed by atoms with van der Waals surface area (Å²) in [5.41, 5.74) is 1.90. The maximum absolute atomic E-state index is 9.76. The SMILES string of the molecule is C[C@H]1C[C@H](O)c2cc(Cl)ccc2N1. The van der Waals surface area contributed by atoms with Gasteiger partial charge in [0, 0.05) is 22.3 Å². The minimum absolute atomic E-state index is 0.323. The molecule has 0 radical (unpaired) electrons. The number of aliphatic hydroxyl groups excluding tert-OH is 1. The van der Waals surface area contributed by atoms with Crippen LogP contribution in [-0.2, 0) is 0 Å². The topological polar surface area (TPSA) is 32.3 Å². The molecule has 0 spiro atoms. The van der Waals surface area contributed by atoms with Crippen molar-refractivity contribution in [3.8, 4) is 0 Å². The number of halogens is 1. The van der Waals surface area contributed by atoms with Crippen LogP contribution in [0, 0.1) is 0 Å². The summed E-state index contributed by atoms with van der Waals surface area (Å²) >= 11 is 5.84. The number of rotatable bonds is 0. The fraction of sp³-hybridized carbons (Fsp3) is 0.400. The largest absolute Gasteiger partial charge is 0.388 e. The molecule has 1 aromatic carbocycles. The summed E-state index contributed by atoms with van der Waals surface area (Å²) in [5.74, 6) is 0. The number of benzene rings is 1. The molecule has 3 heteroatoms. The zero-order valence-electron chi connectivity index (χ0n) is 7.42. The van der Waals surface area contributed by atoms with Gasteiger partial charge in [0.25, 0.3) is 0 Å². The summed E-state index contributed by atoms with van der Waals surface area (Å²) in [6.45, 7) is 2.06. The molecule has 2 rings (SSSR count). The van der Waals surface area contributed by atoms with Crippen molar-refractivity contribution in [2.75, 3.05) is 5.32 Å². The summed E-state index contributed by atoms with van der Waals surface area (Å²) in [7, 11) is 0. The zero-order valence-corrected chi connectivity index (χ0v) is 8.17. The van der Waals surface area contributed by atoms with Crippen LogP contribution in [0.5, 0.6) is 0 Å². The number of fused-ring (bicyclic) bond motifs is 1. The zero-order chi connectivity index (χ0) is 9.42. The second-order valence-corrected chi connectivity index (χ2v) is 3.96. The second kappa shape index (κ2) is 3.20. The van der Waals surface area contributed by atoms with Gasteiger partial charge >= 0.3 is 0 Å². The van der Waals surface area contributed by atoms with Gasteiger partial charge in [-0.05, 0) is 31.5 Å². The van der Waals surface area contributed by atoms with Crippen molar-refractivity contribution >= 4 is 17.3 Å². The molecule has 2 nitrogen and oxygen atoms in total. The standard InChI is InChI=1S/C10H12ClNO/c1-6-4-10(13)8-5-7(11)2-3-9(8)12-6/h2-3,5-6,10,12-13H,4H2,1H3/t6-,10-/m0/s1. The van der Waals surface area contributed by atoms with Crippen LogP contribution in [0.25, 0.3) is 0 Å². The third kappa shape index (κ3) is 1.64. The Kier molecular flexibility index (Phi) is 2.18. The van der Waals surface area contributed by atoms with Gasteiger partial charge in [0.15, 0.2) is 0 Å². The van der Waals surface area contributed by atoms with E-state index in [2.05, 4.69) is 12.2 Å². The lowest BCUT2D eigenvalue weighted by molar-refractivity contribution is 0.158. The summed E-state index contributed by atoms with van der Waals surface area (Å²) in [6.07, 6.45) is 0.359. The lowest BCUT2D eigenvalue weighted by atomic mass is 9.96. The molecule has 13 heavy (non-hydrogen) atoms. The molecule has 1 aromatic rings. The highest BCUT2D eigenvalue weighted by Gasteiger charge is 2.21. The summed E-state index contributed by atoms with van der Waals surface area (Å²) in [6, 6.07) is 5.89. The molecule has 1 heterocycles. The first-order valence-electron chi connectivity index (χ1n) is 4.41. The first-order chi connectivity index (χ1) is 6.16. The molecule has 0 amide bonds. The molecule has 0 unspecified atom stereocenters. The van der Waals surface area contributed by atoms with Gasteiger partial charge < -0.3 is 10.4 Å². The Bertz CT molecular complexity index is 327. The van der Waals surface area contributed by atoms with Gasteiger partial charge in [-0.2, -0.15) is 0 Å². The molecular weight excluding hydrogens is 186 g/mol. The van der Waals surface area contributed by atoms with Crippen LogP contribution >= 0.6 is 11.6 Å². The Labute approximate surface area is 82.5 Å². The van der Waals surface area contributed by atoms with Crippen molar-refractivity contribution in [3.05, 3.63) is 28.8 Å². The molecule has 0 saturated carbocycles. The normalized spacial score (nSPS) is 26.4. The number of hydrogen-bond acceptors (Lipinski definition) is 2. The average molecular weight is 198 g/mol. The molecule has 0 saturated heterocycles. The molecule has 0 aliphatic carbocycles. The molecule has 1 aliphatic heterocycles. The van der Waals surface area contributed by atoms with Crippen LogP contribution in [0.1, 0.15) is 25.0 Å². The third-order valence-electron chi connectivity index (χ3n) is 2.35. The van der Waals surface area contributed by atoms with Gasteiger partial charge in [0.2, 0.25) is 0 Å². The Balaban J connectivity index is 2.43. The van der Waals surface area contributed by atoms with Crippen LogP contribution in [0.15, 0.2) is 18.2 Å². The molecule has 0 fully saturated rings. The summed E-state index contributed by atoms with van der Waals surface area (Å²) in [4.78, 5) is 0. The van der Waals surface area contributed by atoms with Crippen molar-refractivity contribution in [2.24, 2.45) is 0 Å². The number of anilines is 1.